The molecule has 35 heavy (non-hydrogen) atoms. The van der Waals surface area contributed by atoms with Crippen LogP contribution in [0, 0.1) is 0 Å². The highest BCUT2D eigenvalue weighted by Crippen LogP contribution is 2.35. The number of nitrogens with one attached hydrogen (secondary N) is 1. The molecule has 11 heteroatoms. The number of imidazole rings is 1. The lowest BCUT2D eigenvalue weighted by atomic mass is 10.2. The Kier molecular flexibility index (Phi) is 7.10. The average Bonchev–Trinajstić information content (AvgIpc) is 3.64. The first-order valence-electron chi connectivity index (χ1n) is 11.8. The number of ether oxygens (including phenoxy) is 2. The van der Waals surface area contributed by atoms with Crippen LogP contribution in [-0.4, -0.2) is 57.1 Å². The number of carbonyl (C=O) groups is 2. The SMILES string of the molecule is O=C(CN(c1nc(Cl)nc2c1ncn2C1CCCCO1)C1CC1)NCC(=O)OCc1ccccc1. The van der Waals surface area contributed by atoms with Crippen LogP contribution < -0.4 is 10.2 Å². The molecule has 1 amide bonds. The normalized spacial score (nSPS) is 17.8. The van der Waals surface area contributed by atoms with Gasteiger partial charge in [0, 0.05) is 12.6 Å². The molecule has 184 valence electrons. The van der Waals surface area contributed by atoms with Crippen LogP contribution in [-0.2, 0) is 25.7 Å². The monoisotopic (exact) mass is 498 g/mol. The molecule has 1 aromatic carbocycles. The van der Waals surface area contributed by atoms with Crippen LogP contribution in [0.4, 0.5) is 5.82 Å². The van der Waals surface area contributed by atoms with E-state index in [1.165, 1.54) is 0 Å². The fraction of sp³-hybridized carbons (Fsp3) is 0.458. The van der Waals surface area contributed by atoms with Crippen molar-refractivity contribution in [2.24, 2.45) is 0 Å². The molecule has 2 aliphatic rings. The van der Waals surface area contributed by atoms with Gasteiger partial charge >= 0.3 is 5.97 Å². The molecule has 0 spiro atoms. The molecular weight excluding hydrogens is 472 g/mol. The van der Waals surface area contributed by atoms with E-state index in [9.17, 15) is 9.59 Å². The Bertz CT molecular complexity index is 1190. The number of hydrogen-bond acceptors (Lipinski definition) is 8. The maximum absolute atomic E-state index is 12.7. The highest BCUT2D eigenvalue weighted by atomic mass is 35.5. The Morgan fingerprint density at radius 3 is 2.74 bits per heavy atom. The summed E-state index contributed by atoms with van der Waals surface area (Å²) in [4.78, 5) is 40.1. The quantitative estimate of drug-likeness (QED) is 0.354. The summed E-state index contributed by atoms with van der Waals surface area (Å²) in [6.45, 7) is 0.663. The van der Waals surface area contributed by atoms with Crippen molar-refractivity contribution >= 4 is 40.5 Å². The lowest BCUT2D eigenvalue weighted by Gasteiger charge is -2.25. The smallest absolute Gasteiger partial charge is 0.325 e. The third-order valence-corrected chi connectivity index (χ3v) is 6.26. The Hall–Kier alpha value is -3.24. The molecule has 0 radical (unpaired) electrons. The summed E-state index contributed by atoms with van der Waals surface area (Å²) < 4.78 is 13.0. The summed E-state index contributed by atoms with van der Waals surface area (Å²) in [6, 6.07) is 9.53. The van der Waals surface area contributed by atoms with Crippen molar-refractivity contribution in [3.05, 3.63) is 47.5 Å². The van der Waals surface area contributed by atoms with Gasteiger partial charge in [-0.2, -0.15) is 9.97 Å². The van der Waals surface area contributed by atoms with Gasteiger partial charge in [-0.05, 0) is 49.3 Å². The number of amides is 1. The number of esters is 1. The molecule has 10 nitrogen and oxygen atoms in total. The van der Waals surface area contributed by atoms with Gasteiger partial charge < -0.3 is 19.7 Å². The van der Waals surface area contributed by atoms with Crippen LogP contribution in [0.1, 0.15) is 43.9 Å². The van der Waals surface area contributed by atoms with Gasteiger partial charge in [0.25, 0.3) is 0 Å². The van der Waals surface area contributed by atoms with Crippen LogP contribution in [0.15, 0.2) is 36.7 Å². The fourth-order valence-corrected chi connectivity index (χ4v) is 4.32. The minimum absolute atomic E-state index is 0.0197. The van der Waals surface area contributed by atoms with Crippen molar-refractivity contribution in [1.82, 2.24) is 24.8 Å². The molecule has 5 rings (SSSR count). The van der Waals surface area contributed by atoms with Gasteiger partial charge in [-0.1, -0.05) is 30.3 Å². The summed E-state index contributed by atoms with van der Waals surface area (Å²) in [5.74, 6) is -0.302. The lowest BCUT2D eigenvalue weighted by Crippen LogP contribution is -2.41. The first kappa shape index (κ1) is 23.5. The number of fused-ring (bicyclic) bond motifs is 1. The van der Waals surface area contributed by atoms with E-state index >= 15 is 0 Å². The third kappa shape index (κ3) is 5.71. The van der Waals surface area contributed by atoms with Gasteiger partial charge in [-0.25, -0.2) is 4.98 Å². The fourth-order valence-electron chi connectivity index (χ4n) is 4.16. The zero-order chi connectivity index (χ0) is 24.2. The van der Waals surface area contributed by atoms with Crippen molar-refractivity contribution in [3.63, 3.8) is 0 Å². The first-order chi connectivity index (χ1) is 17.1. The van der Waals surface area contributed by atoms with Gasteiger partial charge in [-0.3, -0.25) is 14.2 Å². The lowest BCUT2D eigenvalue weighted by molar-refractivity contribution is -0.145. The topological polar surface area (TPSA) is 111 Å². The largest absolute Gasteiger partial charge is 0.460 e. The van der Waals surface area contributed by atoms with Crippen LogP contribution in [0.25, 0.3) is 11.2 Å². The van der Waals surface area contributed by atoms with Crippen LogP contribution in [0.5, 0.6) is 0 Å². The number of rotatable bonds is 9. The Morgan fingerprint density at radius 2 is 2.00 bits per heavy atom. The molecule has 1 saturated carbocycles. The minimum Gasteiger partial charge on any atom is -0.460 e. The number of hydrogen-bond donors (Lipinski definition) is 1. The van der Waals surface area contributed by atoms with Crippen LogP contribution in [0.2, 0.25) is 5.28 Å². The summed E-state index contributed by atoms with van der Waals surface area (Å²) in [5, 5.41) is 2.73. The van der Waals surface area contributed by atoms with Crippen molar-refractivity contribution in [2.75, 3.05) is 24.6 Å². The molecule has 3 heterocycles. The Morgan fingerprint density at radius 1 is 1.17 bits per heavy atom. The van der Waals surface area contributed by atoms with E-state index in [4.69, 9.17) is 21.1 Å². The molecule has 2 aromatic heterocycles. The third-order valence-electron chi connectivity index (χ3n) is 6.09. The summed E-state index contributed by atoms with van der Waals surface area (Å²) in [6.07, 6.45) is 6.39. The summed E-state index contributed by atoms with van der Waals surface area (Å²) in [7, 11) is 0. The number of nitrogens with zero attached hydrogens (tertiary/aromatic N) is 5. The number of carbonyl (C=O) groups excluding carboxylic acids is 2. The van der Waals surface area contributed by atoms with E-state index in [-0.39, 0.29) is 43.2 Å². The van der Waals surface area contributed by atoms with Gasteiger partial charge in [-0.15, -0.1) is 0 Å². The standard InChI is InChI=1S/C24H27ClN6O4/c25-24-28-22(21-23(29-24)31(15-27-21)19-8-4-5-11-34-19)30(17-9-10-17)13-18(32)26-12-20(33)35-14-16-6-2-1-3-7-16/h1-3,6-7,15,17,19H,4-5,8-14H2,(H,26,32). The molecule has 1 atom stereocenters. The van der Waals surface area contributed by atoms with E-state index in [0.29, 0.717) is 23.6 Å². The maximum atomic E-state index is 12.7. The molecule has 1 aliphatic heterocycles. The molecule has 1 unspecified atom stereocenters. The highest BCUT2D eigenvalue weighted by Gasteiger charge is 2.34. The van der Waals surface area contributed by atoms with Gasteiger partial charge in [0.05, 0.1) is 12.9 Å². The molecule has 1 saturated heterocycles. The van der Waals surface area contributed by atoms with E-state index in [1.54, 1.807) is 6.33 Å². The van der Waals surface area contributed by atoms with Crippen LogP contribution >= 0.6 is 11.6 Å². The highest BCUT2D eigenvalue weighted by molar-refractivity contribution is 6.28. The average molecular weight is 499 g/mol. The van der Waals surface area contributed by atoms with Gasteiger partial charge in [0.2, 0.25) is 11.2 Å². The second kappa shape index (κ2) is 10.6. The Balaban J connectivity index is 1.25. The van der Waals surface area contributed by atoms with Crippen molar-refractivity contribution in [2.45, 2.75) is 51.0 Å². The van der Waals surface area contributed by atoms with E-state index < -0.39 is 5.97 Å². The van der Waals surface area contributed by atoms with Crippen molar-refractivity contribution in [3.8, 4) is 0 Å². The zero-order valence-corrected chi connectivity index (χ0v) is 20.0. The van der Waals surface area contributed by atoms with Gasteiger partial charge in [0.1, 0.15) is 19.4 Å². The van der Waals surface area contributed by atoms with E-state index in [1.807, 2.05) is 39.8 Å². The predicted octanol–water partition coefficient (Wildman–Crippen LogP) is 3.01. The molecule has 1 aliphatic carbocycles. The molecular formula is C24H27ClN6O4. The maximum Gasteiger partial charge on any atom is 0.325 e. The summed E-state index contributed by atoms with van der Waals surface area (Å²) in [5.41, 5.74) is 2.04. The number of aromatic nitrogens is 4. The van der Waals surface area contributed by atoms with E-state index in [0.717, 1.165) is 37.7 Å². The summed E-state index contributed by atoms with van der Waals surface area (Å²) >= 11 is 6.29. The minimum atomic E-state index is -0.501. The Labute approximate surface area is 207 Å². The number of anilines is 1. The molecule has 2 fully saturated rings. The molecule has 1 N–H and O–H groups in total. The first-order valence-corrected chi connectivity index (χ1v) is 12.2. The number of halogens is 1. The van der Waals surface area contributed by atoms with E-state index in [2.05, 4.69) is 20.3 Å². The van der Waals surface area contributed by atoms with Crippen molar-refractivity contribution < 1.29 is 19.1 Å². The number of benzene rings is 1. The second-order valence-electron chi connectivity index (χ2n) is 8.74. The zero-order valence-electron chi connectivity index (χ0n) is 19.2. The van der Waals surface area contributed by atoms with Gasteiger partial charge in [0.15, 0.2) is 17.0 Å². The molecule has 3 aromatic rings. The van der Waals surface area contributed by atoms with Crippen molar-refractivity contribution in [1.29, 1.82) is 0 Å². The second-order valence-corrected chi connectivity index (χ2v) is 9.08. The predicted molar refractivity (Wildman–Crippen MR) is 129 cm³/mol. The molecule has 0 bridgehead atoms. The van der Waals surface area contributed by atoms with Crippen LogP contribution in [0.3, 0.4) is 0 Å².